The molecule has 1 heterocycles. The standard InChI is InChI=1S/C15H19NO2/c1-10-7-6-8-12-9-11(2)16(13(10)12)14(17)18-15(3,4)5/h6-9H,1-5H3. The molecule has 0 saturated heterocycles. The van der Waals surface area contributed by atoms with Crippen LogP contribution in [0, 0.1) is 13.8 Å². The Hall–Kier alpha value is -1.77. The number of carbonyl (C=O) groups excluding carboxylic acids is 1. The Balaban J connectivity index is 2.57. The van der Waals surface area contributed by atoms with Gasteiger partial charge >= 0.3 is 6.09 Å². The highest BCUT2D eigenvalue weighted by molar-refractivity contribution is 5.92. The van der Waals surface area contributed by atoms with Crippen LogP contribution >= 0.6 is 0 Å². The lowest BCUT2D eigenvalue weighted by atomic mass is 10.2. The van der Waals surface area contributed by atoms with E-state index in [2.05, 4.69) is 0 Å². The van der Waals surface area contributed by atoms with Gasteiger partial charge in [-0.05, 0) is 46.2 Å². The number of hydrogen-bond donors (Lipinski definition) is 0. The summed E-state index contributed by atoms with van der Waals surface area (Å²) in [6.07, 6.45) is -0.315. The van der Waals surface area contributed by atoms with E-state index >= 15 is 0 Å². The van der Waals surface area contributed by atoms with Gasteiger partial charge in [0.1, 0.15) is 5.60 Å². The van der Waals surface area contributed by atoms with E-state index in [1.165, 1.54) is 0 Å². The first-order chi connectivity index (χ1) is 8.29. The summed E-state index contributed by atoms with van der Waals surface area (Å²) in [6.45, 7) is 9.54. The maximum atomic E-state index is 12.2. The van der Waals surface area contributed by atoms with Gasteiger partial charge in [0.25, 0.3) is 0 Å². The van der Waals surface area contributed by atoms with Gasteiger partial charge in [-0.15, -0.1) is 0 Å². The van der Waals surface area contributed by atoms with Crippen molar-refractivity contribution in [1.82, 2.24) is 4.57 Å². The first kappa shape index (κ1) is 12.7. The number of rotatable bonds is 0. The molecular formula is C15H19NO2. The summed E-state index contributed by atoms with van der Waals surface area (Å²) in [4.78, 5) is 12.2. The van der Waals surface area contributed by atoms with E-state index in [-0.39, 0.29) is 6.09 Å². The minimum Gasteiger partial charge on any atom is -0.443 e. The molecule has 0 fully saturated rings. The van der Waals surface area contributed by atoms with Crippen LogP contribution in [-0.4, -0.2) is 16.3 Å². The van der Waals surface area contributed by atoms with Crippen LogP contribution in [0.1, 0.15) is 32.0 Å². The van der Waals surface area contributed by atoms with Crippen LogP contribution in [0.4, 0.5) is 4.79 Å². The fourth-order valence-corrected chi connectivity index (χ4v) is 2.11. The van der Waals surface area contributed by atoms with Gasteiger partial charge in [0, 0.05) is 11.1 Å². The third-order valence-corrected chi connectivity index (χ3v) is 2.79. The second kappa shape index (κ2) is 4.16. The highest BCUT2D eigenvalue weighted by Gasteiger charge is 2.21. The lowest BCUT2D eigenvalue weighted by Gasteiger charge is -2.20. The minimum atomic E-state index is -0.483. The van der Waals surface area contributed by atoms with Crippen molar-refractivity contribution >= 4 is 17.0 Å². The molecule has 0 aliphatic rings. The Morgan fingerprint density at radius 1 is 1.22 bits per heavy atom. The lowest BCUT2D eigenvalue weighted by molar-refractivity contribution is 0.0541. The molecule has 0 N–H and O–H groups in total. The van der Waals surface area contributed by atoms with Crippen LogP contribution in [0.3, 0.4) is 0 Å². The fraction of sp³-hybridized carbons (Fsp3) is 0.400. The van der Waals surface area contributed by atoms with E-state index in [0.29, 0.717) is 0 Å². The molecule has 3 nitrogen and oxygen atoms in total. The van der Waals surface area contributed by atoms with Crippen molar-refractivity contribution in [2.24, 2.45) is 0 Å². The molecule has 2 rings (SSSR count). The highest BCUT2D eigenvalue weighted by Crippen LogP contribution is 2.24. The zero-order valence-corrected chi connectivity index (χ0v) is 11.6. The topological polar surface area (TPSA) is 31.2 Å². The first-order valence-electron chi connectivity index (χ1n) is 6.10. The molecule has 1 aromatic carbocycles. The first-order valence-corrected chi connectivity index (χ1v) is 6.10. The van der Waals surface area contributed by atoms with E-state index in [1.807, 2.05) is 58.9 Å². The van der Waals surface area contributed by atoms with Gasteiger partial charge in [-0.1, -0.05) is 18.2 Å². The highest BCUT2D eigenvalue weighted by atomic mass is 16.6. The largest absolute Gasteiger partial charge is 0.443 e. The molecule has 18 heavy (non-hydrogen) atoms. The maximum Gasteiger partial charge on any atom is 0.419 e. The van der Waals surface area contributed by atoms with Crippen LogP contribution in [0.15, 0.2) is 24.3 Å². The Bertz CT molecular complexity index is 603. The normalized spacial score (nSPS) is 11.8. The summed E-state index contributed by atoms with van der Waals surface area (Å²) in [5.41, 5.74) is 2.42. The van der Waals surface area contributed by atoms with Crippen molar-refractivity contribution < 1.29 is 9.53 Å². The minimum absolute atomic E-state index is 0.315. The Kier molecular flexibility index (Phi) is 2.93. The lowest BCUT2D eigenvalue weighted by Crippen LogP contribution is -2.27. The number of aromatic nitrogens is 1. The molecule has 96 valence electrons. The molecule has 0 unspecified atom stereocenters. The SMILES string of the molecule is Cc1cccc2cc(C)n(C(=O)OC(C)(C)C)c12. The average molecular weight is 245 g/mol. The van der Waals surface area contributed by atoms with Gasteiger partial charge in [-0.2, -0.15) is 0 Å². The number of hydrogen-bond acceptors (Lipinski definition) is 2. The van der Waals surface area contributed by atoms with Gasteiger partial charge in [0.15, 0.2) is 0 Å². The van der Waals surface area contributed by atoms with Crippen molar-refractivity contribution in [2.75, 3.05) is 0 Å². The second-order valence-corrected chi connectivity index (χ2v) is 5.61. The Morgan fingerprint density at radius 3 is 2.50 bits per heavy atom. The molecule has 0 bridgehead atoms. The zero-order chi connectivity index (χ0) is 13.5. The van der Waals surface area contributed by atoms with Crippen LogP contribution in [0.25, 0.3) is 10.9 Å². The van der Waals surface area contributed by atoms with Gasteiger partial charge in [0.05, 0.1) is 5.52 Å². The van der Waals surface area contributed by atoms with Gasteiger partial charge in [-0.25, -0.2) is 9.36 Å². The number of ether oxygens (including phenoxy) is 1. The number of para-hydroxylation sites is 1. The van der Waals surface area contributed by atoms with Crippen molar-refractivity contribution in [3.05, 3.63) is 35.5 Å². The van der Waals surface area contributed by atoms with E-state index in [9.17, 15) is 4.79 Å². The summed E-state index contributed by atoms with van der Waals surface area (Å²) >= 11 is 0. The number of nitrogens with zero attached hydrogens (tertiary/aromatic N) is 1. The van der Waals surface area contributed by atoms with Crippen LogP contribution in [0.5, 0.6) is 0 Å². The second-order valence-electron chi connectivity index (χ2n) is 5.61. The number of carbonyl (C=O) groups is 1. The van der Waals surface area contributed by atoms with E-state index in [1.54, 1.807) is 4.57 Å². The Morgan fingerprint density at radius 2 is 1.89 bits per heavy atom. The quantitative estimate of drug-likeness (QED) is 0.701. The number of benzene rings is 1. The predicted octanol–water partition coefficient (Wildman–Crippen LogP) is 4.04. The molecule has 0 atom stereocenters. The smallest absolute Gasteiger partial charge is 0.419 e. The molecule has 3 heteroatoms. The van der Waals surface area contributed by atoms with Crippen molar-refractivity contribution in [3.63, 3.8) is 0 Å². The molecule has 2 aromatic rings. The number of fused-ring (bicyclic) bond motifs is 1. The van der Waals surface area contributed by atoms with Crippen molar-refractivity contribution in [2.45, 2.75) is 40.2 Å². The summed E-state index contributed by atoms with van der Waals surface area (Å²) in [6, 6.07) is 8.02. The molecule has 0 spiro atoms. The number of aryl methyl sites for hydroxylation is 2. The van der Waals surface area contributed by atoms with E-state index in [4.69, 9.17) is 4.74 Å². The van der Waals surface area contributed by atoms with Crippen LogP contribution in [0.2, 0.25) is 0 Å². The summed E-state index contributed by atoms with van der Waals surface area (Å²) in [5.74, 6) is 0. The molecule has 0 aliphatic heterocycles. The monoisotopic (exact) mass is 245 g/mol. The third-order valence-electron chi connectivity index (χ3n) is 2.79. The van der Waals surface area contributed by atoms with Gasteiger partial charge in [-0.3, -0.25) is 0 Å². The molecule has 0 saturated carbocycles. The fourth-order valence-electron chi connectivity index (χ4n) is 2.11. The Labute approximate surface area is 107 Å². The molecule has 0 aliphatic carbocycles. The maximum absolute atomic E-state index is 12.2. The third kappa shape index (κ3) is 2.26. The molecule has 0 amide bonds. The average Bonchev–Trinajstić information content (AvgIpc) is 2.53. The summed E-state index contributed by atoms with van der Waals surface area (Å²) < 4.78 is 7.10. The zero-order valence-electron chi connectivity index (χ0n) is 11.6. The summed E-state index contributed by atoms with van der Waals surface area (Å²) in [5, 5.41) is 1.07. The predicted molar refractivity (Wildman–Crippen MR) is 73.0 cm³/mol. The van der Waals surface area contributed by atoms with Gasteiger partial charge < -0.3 is 4.74 Å². The summed E-state index contributed by atoms with van der Waals surface area (Å²) in [7, 11) is 0. The van der Waals surface area contributed by atoms with Crippen LogP contribution < -0.4 is 0 Å². The van der Waals surface area contributed by atoms with Gasteiger partial charge in [0.2, 0.25) is 0 Å². The van der Waals surface area contributed by atoms with Crippen LogP contribution in [-0.2, 0) is 4.74 Å². The van der Waals surface area contributed by atoms with Crippen molar-refractivity contribution in [1.29, 1.82) is 0 Å². The van der Waals surface area contributed by atoms with E-state index < -0.39 is 5.60 Å². The molecular weight excluding hydrogens is 226 g/mol. The van der Waals surface area contributed by atoms with E-state index in [0.717, 1.165) is 22.2 Å². The molecule has 1 aromatic heterocycles. The molecule has 0 radical (unpaired) electrons. The van der Waals surface area contributed by atoms with Crippen molar-refractivity contribution in [3.8, 4) is 0 Å².